The maximum absolute atomic E-state index is 8.98. The lowest BCUT2D eigenvalue weighted by atomic mass is 10.9. The quantitative estimate of drug-likeness (QED) is 0.566. The van der Waals surface area contributed by atoms with Gasteiger partial charge in [-0.2, -0.15) is 0 Å². The molecule has 0 saturated heterocycles. The van der Waals surface area contributed by atoms with Gasteiger partial charge in [-0.25, -0.2) is 0 Å². The van der Waals surface area contributed by atoms with Crippen LogP contribution < -0.4 is 0 Å². The van der Waals surface area contributed by atoms with Gasteiger partial charge in [-0.05, 0) is 36.0 Å². The third-order valence-electron chi connectivity index (χ3n) is 0.858. The summed E-state index contributed by atoms with van der Waals surface area (Å²) in [5.41, 5.74) is 0. The van der Waals surface area contributed by atoms with Crippen LogP contribution in [-0.4, -0.2) is 17.9 Å². The lowest BCUT2D eigenvalue weighted by Gasteiger charge is -1.80. The average Bonchev–Trinajstić information content (AvgIpc) is 2.43. The highest BCUT2D eigenvalue weighted by atomic mass is 35.5. The highest BCUT2D eigenvalue weighted by Gasteiger charge is 2.19. The molecule has 1 rings (SSSR count). The first kappa shape index (κ1) is 9.21. The Hall–Kier alpha value is 0.210. The molecule has 0 unspecified atom stereocenters. The zero-order chi connectivity index (χ0) is 7.28. The molecular weight excluding hydrogens is 163 g/mol. The van der Waals surface area contributed by atoms with Crippen molar-refractivity contribution in [2.45, 2.75) is 18.9 Å². The molecule has 0 atom stereocenters. The lowest BCUT2D eigenvalue weighted by molar-refractivity contribution is 0.183. The Labute approximate surface area is 64.1 Å². The Kier molecular flexibility index (Phi) is 5.15. The molecule has 0 aromatic carbocycles. The Morgan fingerprint density at radius 1 is 1.56 bits per heavy atom. The number of ether oxygens (including phenoxy) is 1. The number of halogens is 2. The van der Waals surface area contributed by atoms with Crippen LogP contribution in [0.1, 0.15) is 12.8 Å². The molecule has 4 heteroatoms. The number of carbonyl (C=O) groups excluding carboxylic acids is 1. The van der Waals surface area contributed by atoms with E-state index in [9.17, 15) is 0 Å². The topological polar surface area (TPSA) is 26.3 Å². The second-order valence-corrected chi connectivity index (χ2v) is 2.54. The van der Waals surface area contributed by atoms with E-state index in [2.05, 4.69) is 23.2 Å². The van der Waals surface area contributed by atoms with Gasteiger partial charge in [0.05, 0.1) is 6.10 Å². The Balaban J connectivity index is 0.000000148. The highest BCUT2D eigenvalue weighted by molar-refractivity contribution is 6.93. The highest BCUT2D eigenvalue weighted by Crippen LogP contribution is 2.21. The van der Waals surface area contributed by atoms with Crippen molar-refractivity contribution in [1.29, 1.82) is 0 Å². The lowest BCUT2D eigenvalue weighted by Crippen LogP contribution is -1.79. The number of hydrogen-bond acceptors (Lipinski definition) is 2. The van der Waals surface area contributed by atoms with Gasteiger partial charge in [0.1, 0.15) is 0 Å². The first-order chi connectivity index (χ1) is 4.16. The van der Waals surface area contributed by atoms with Gasteiger partial charge < -0.3 is 4.74 Å². The molecule has 0 aromatic rings. The van der Waals surface area contributed by atoms with Crippen molar-refractivity contribution < 1.29 is 9.53 Å². The Morgan fingerprint density at radius 3 is 1.89 bits per heavy atom. The second kappa shape index (κ2) is 5.03. The van der Waals surface area contributed by atoms with Gasteiger partial charge >= 0.3 is 4.70 Å². The molecule has 0 aliphatic heterocycles. The fourth-order valence-electron chi connectivity index (χ4n) is 0.304. The Morgan fingerprint density at radius 2 is 1.89 bits per heavy atom. The van der Waals surface area contributed by atoms with E-state index in [0.29, 0.717) is 6.10 Å². The van der Waals surface area contributed by atoms with Gasteiger partial charge in [0.2, 0.25) is 0 Å². The first-order valence-corrected chi connectivity index (χ1v) is 3.30. The molecule has 54 valence electrons. The zero-order valence-corrected chi connectivity index (χ0v) is 6.58. The van der Waals surface area contributed by atoms with E-state index in [1.165, 1.54) is 12.8 Å². The standard InChI is InChI=1S/C4H8O.CCl2O/c1-5-4-2-3-4;2-1(3)4/h4H,2-3H2,1H3;. The van der Waals surface area contributed by atoms with Crippen LogP contribution in [0.25, 0.3) is 0 Å². The molecule has 0 N–H and O–H groups in total. The van der Waals surface area contributed by atoms with Crippen LogP contribution in [0.15, 0.2) is 0 Å². The van der Waals surface area contributed by atoms with E-state index in [1.807, 2.05) is 0 Å². The van der Waals surface area contributed by atoms with Gasteiger partial charge in [-0.1, -0.05) is 0 Å². The summed E-state index contributed by atoms with van der Waals surface area (Å²) in [5, 5.41) is 0. The number of hydrogen-bond donors (Lipinski definition) is 0. The maximum atomic E-state index is 8.98. The SMILES string of the molecule is COC1CC1.O=C(Cl)Cl. The minimum atomic E-state index is -0.889. The van der Waals surface area contributed by atoms with E-state index < -0.39 is 4.70 Å². The number of rotatable bonds is 1. The van der Waals surface area contributed by atoms with Gasteiger partial charge in [0.25, 0.3) is 0 Å². The summed E-state index contributed by atoms with van der Waals surface area (Å²) in [6.45, 7) is 0. The van der Waals surface area contributed by atoms with Gasteiger partial charge in [-0.3, -0.25) is 4.79 Å². The summed E-state index contributed by atoms with van der Waals surface area (Å²) in [6.07, 6.45) is 3.21. The molecule has 1 fully saturated rings. The minimum absolute atomic E-state index is 0.634. The third-order valence-corrected chi connectivity index (χ3v) is 0.858. The van der Waals surface area contributed by atoms with Crippen molar-refractivity contribution in [2.75, 3.05) is 7.11 Å². The molecule has 0 spiro atoms. The molecule has 0 amide bonds. The molecule has 0 bridgehead atoms. The molecular formula is C5H8Cl2O2. The summed E-state index contributed by atoms with van der Waals surface area (Å²) in [6, 6.07) is 0. The van der Waals surface area contributed by atoms with Gasteiger partial charge in [0, 0.05) is 7.11 Å². The average molecular weight is 171 g/mol. The van der Waals surface area contributed by atoms with E-state index in [1.54, 1.807) is 7.11 Å². The van der Waals surface area contributed by atoms with Crippen LogP contribution in [0.2, 0.25) is 0 Å². The maximum Gasteiger partial charge on any atom is 0.313 e. The molecule has 0 radical (unpaired) electrons. The van der Waals surface area contributed by atoms with Crippen LogP contribution in [0, 0.1) is 0 Å². The van der Waals surface area contributed by atoms with Crippen molar-refractivity contribution in [3.8, 4) is 0 Å². The van der Waals surface area contributed by atoms with Crippen LogP contribution in [-0.2, 0) is 4.74 Å². The summed E-state index contributed by atoms with van der Waals surface area (Å²) < 4.78 is 3.97. The third kappa shape index (κ3) is 11.7. The first-order valence-electron chi connectivity index (χ1n) is 2.54. The van der Waals surface area contributed by atoms with Crippen LogP contribution in [0.3, 0.4) is 0 Å². The molecule has 0 heterocycles. The molecule has 2 nitrogen and oxygen atoms in total. The normalized spacial score (nSPS) is 15.9. The van der Waals surface area contributed by atoms with Crippen molar-refractivity contribution in [1.82, 2.24) is 0 Å². The van der Waals surface area contributed by atoms with Crippen molar-refractivity contribution in [3.05, 3.63) is 0 Å². The van der Waals surface area contributed by atoms with Crippen molar-refractivity contribution in [3.63, 3.8) is 0 Å². The van der Waals surface area contributed by atoms with Crippen LogP contribution in [0.4, 0.5) is 4.79 Å². The van der Waals surface area contributed by atoms with Gasteiger partial charge in [-0.15, -0.1) is 0 Å². The predicted octanol–water partition coefficient (Wildman–Crippen LogP) is 2.38. The van der Waals surface area contributed by atoms with Gasteiger partial charge in [0.15, 0.2) is 0 Å². The minimum Gasteiger partial charge on any atom is -0.381 e. The van der Waals surface area contributed by atoms with Crippen molar-refractivity contribution in [2.24, 2.45) is 0 Å². The second-order valence-electron chi connectivity index (χ2n) is 1.66. The summed E-state index contributed by atoms with van der Waals surface area (Å²) >= 11 is 8.80. The molecule has 1 saturated carbocycles. The fraction of sp³-hybridized carbons (Fsp3) is 0.800. The van der Waals surface area contributed by atoms with Crippen LogP contribution in [0.5, 0.6) is 0 Å². The van der Waals surface area contributed by atoms with Crippen LogP contribution >= 0.6 is 23.2 Å². The van der Waals surface area contributed by atoms with E-state index in [-0.39, 0.29) is 0 Å². The summed E-state index contributed by atoms with van der Waals surface area (Å²) in [4.78, 5) is 8.98. The van der Waals surface area contributed by atoms with E-state index in [0.717, 1.165) is 0 Å². The fourth-order valence-corrected chi connectivity index (χ4v) is 0.304. The predicted molar refractivity (Wildman–Crippen MR) is 37.1 cm³/mol. The smallest absolute Gasteiger partial charge is 0.313 e. The van der Waals surface area contributed by atoms with E-state index >= 15 is 0 Å². The zero-order valence-electron chi connectivity index (χ0n) is 5.06. The monoisotopic (exact) mass is 170 g/mol. The number of carbonyl (C=O) groups is 1. The summed E-state index contributed by atoms with van der Waals surface area (Å²) in [5.74, 6) is 0. The van der Waals surface area contributed by atoms with Crippen molar-refractivity contribution >= 4 is 27.9 Å². The largest absolute Gasteiger partial charge is 0.381 e. The Bertz CT molecular complexity index is 87.0. The molecule has 1 aliphatic carbocycles. The van der Waals surface area contributed by atoms with E-state index in [4.69, 9.17) is 9.53 Å². The molecule has 9 heavy (non-hydrogen) atoms. The molecule has 0 aromatic heterocycles. The summed E-state index contributed by atoms with van der Waals surface area (Å²) in [7, 11) is 1.76. The molecule has 1 aliphatic rings. The number of methoxy groups -OCH3 is 1.